The summed E-state index contributed by atoms with van der Waals surface area (Å²) in [5, 5.41) is 11.3. The molecule has 0 aliphatic heterocycles. The minimum Gasteiger partial charge on any atom is -0.337 e. The number of para-hydroxylation sites is 1. The minimum atomic E-state index is -0.105. The van der Waals surface area contributed by atoms with Gasteiger partial charge in [0.25, 0.3) is 0 Å². The lowest BCUT2D eigenvalue weighted by atomic mass is 10.1. The molecule has 1 amide bonds. The van der Waals surface area contributed by atoms with E-state index in [-0.39, 0.29) is 12.3 Å². The van der Waals surface area contributed by atoms with Crippen molar-refractivity contribution in [3.05, 3.63) is 109 Å². The Kier molecular flexibility index (Phi) is 5.78. The summed E-state index contributed by atoms with van der Waals surface area (Å²) < 4.78 is 0. The predicted molar refractivity (Wildman–Crippen MR) is 154 cm³/mol. The van der Waals surface area contributed by atoms with E-state index in [1.807, 2.05) is 72.8 Å². The van der Waals surface area contributed by atoms with Gasteiger partial charge in [0.1, 0.15) is 5.69 Å². The summed E-state index contributed by atoms with van der Waals surface area (Å²) in [5.41, 5.74) is 8.36. The molecule has 9 nitrogen and oxygen atoms in total. The lowest BCUT2D eigenvalue weighted by Crippen LogP contribution is -2.14. The van der Waals surface area contributed by atoms with Crippen LogP contribution in [0.15, 0.2) is 104 Å². The van der Waals surface area contributed by atoms with Crippen molar-refractivity contribution in [2.75, 3.05) is 5.32 Å². The molecule has 3 N–H and O–H groups in total. The quantitative estimate of drug-likeness (QED) is 0.253. The van der Waals surface area contributed by atoms with Gasteiger partial charge in [-0.25, -0.2) is 9.97 Å². The number of carbonyl (C=O) groups is 1. The number of H-pyrrole nitrogens is 2. The number of amides is 1. The smallest absolute Gasteiger partial charge is 0.228 e. The van der Waals surface area contributed by atoms with Crippen molar-refractivity contribution in [3.63, 3.8) is 0 Å². The largest absolute Gasteiger partial charge is 0.337 e. The zero-order valence-electron chi connectivity index (χ0n) is 21.2. The highest BCUT2D eigenvalue weighted by atomic mass is 16.1. The SMILES string of the molecule is O=C(Cc1ccccc1)Nc1cncc(-c2cnc3[nH]nc(-c4nc5c(-c6ccncc6)cccc5[nH]4)c3c2)c1. The Morgan fingerprint density at radius 2 is 1.68 bits per heavy atom. The van der Waals surface area contributed by atoms with E-state index in [9.17, 15) is 4.79 Å². The van der Waals surface area contributed by atoms with E-state index >= 15 is 0 Å². The molecule has 0 unspecified atom stereocenters. The summed E-state index contributed by atoms with van der Waals surface area (Å²) in [5.74, 6) is 0.536. The maximum Gasteiger partial charge on any atom is 0.228 e. The van der Waals surface area contributed by atoms with Crippen molar-refractivity contribution in [2.45, 2.75) is 6.42 Å². The monoisotopic (exact) mass is 522 g/mol. The molecule has 5 heterocycles. The summed E-state index contributed by atoms with van der Waals surface area (Å²) in [4.78, 5) is 34.0. The van der Waals surface area contributed by atoms with Gasteiger partial charge in [-0.2, -0.15) is 5.10 Å². The zero-order valence-corrected chi connectivity index (χ0v) is 21.2. The topological polar surface area (TPSA) is 125 Å². The van der Waals surface area contributed by atoms with Crippen LogP contribution in [0.3, 0.4) is 0 Å². The predicted octanol–water partition coefficient (Wildman–Crippen LogP) is 5.81. The number of fused-ring (bicyclic) bond motifs is 2. The van der Waals surface area contributed by atoms with Crippen molar-refractivity contribution in [3.8, 4) is 33.8 Å². The van der Waals surface area contributed by atoms with E-state index in [0.717, 1.165) is 44.2 Å². The zero-order chi connectivity index (χ0) is 26.9. The fraction of sp³-hybridized carbons (Fsp3) is 0.0323. The van der Waals surface area contributed by atoms with Gasteiger partial charge in [-0.1, -0.05) is 42.5 Å². The third-order valence-corrected chi connectivity index (χ3v) is 6.71. The van der Waals surface area contributed by atoms with Gasteiger partial charge in [0.15, 0.2) is 11.5 Å². The van der Waals surface area contributed by atoms with Gasteiger partial charge in [-0.15, -0.1) is 0 Å². The van der Waals surface area contributed by atoms with Crippen LogP contribution in [0.1, 0.15) is 5.56 Å². The number of hydrogen-bond acceptors (Lipinski definition) is 6. The molecule has 0 radical (unpaired) electrons. The number of pyridine rings is 3. The molecule has 192 valence electrons. The summed E-state index contributed by atoms with van der Waals surface area (Å²) in [6.07, 6.45) is 8.98. The van der Waals surface area contributed by atoms with E-state index in [2.05, 4.69) is 35.5 Å². The van der Waals surface area contributed by atoms with Gasteiger partial charge < -0.3 is 10.3 Å². The Bertz CT molecular complexity index is 1980. The summed E-state index contributed by atoms with van der Waals surface area (Å²) >= 11 is 0. The molecule has 40 heavy (non-hydrogen) atoms. The molecule has 0 fully saturated rings. The van der Waals surface area contributed by atoms with Gasteiger partial charge in [-0.3, -0.25) is 19.9 Å². The second-order valence-electron chi connectivity index (χ2n) is 9.39. The highest BCUT2D eigenvalue weighted by molar-refractivity contribution is 5.97. The summed E-state index contributed by atoms with van der Waals surface area (Å²) in [6.45, 7) is 0. The first kappa shape index (κ1) is 23.4. The first-order valence-electron chi connectivity index (χ1n) is 12.7. The minimum absolute atomic E-state index is 0.105. The van der Waals surface area contributed by atoms with E-state index in [1.165, 1.54) is 0 Å². The van der Waals surface area contributed by atoms with Crippen molar-refractivity contribution >= 4 is 33.7 Å². The van der Waals surface area contributed by atoms with Gasteiger partial charge in [0.2, 0.25) is 5.91 Å². The number of imidazole rings is 1. The number of carbonyl (C=O) groups excluding carboxylic acids is 1. The fourth-order valence-electron chi connectivity index (χ4n) is 4.80. The molecule has 0 aliphatic carbocycles. The van der Waals surface area contributed by atoms with E-state index < -0.39 is 0 Å². The highest BCUT2D eigenvalue weighted by Crippen LogP contribution is 2.32. The summed E-state index contributed by atoms with van der Waals surface area (Å²) in [7, 11) is 0. The van der Waals surface area contributed by atoms with Crippen molar-refractivity contribution in [1.82, 2.24) is 35.1 Å². The Balaban J connectivity index is 1.21. The number of aromatic nitrogens is 7. The fourth-order valence-corrected chi connectivity index (χ4v) is 4.80. The van der Waals surface area contributed by atoms with Crippen molar-refractivity contribution in [1.29, 1.82) is 0 Å². The van der Waals surface area contributed by atoms with Crippen LogP contribution >= 0.6 is 0 Å². The van der Waals surface area contributed by atoms with Crippen LogP contribution in [-0.2, 0) is 11.2 Å². The van der Waals surface area contributed by atoms with Crippen LogP contribution in [0, 0.1) is 0 Å². The van der Waals surface area contributed by atoms with Gasteiger partial charge in [0, 0.05) is 41.5 Å². The first-order valence-corrected chi connectivity index (χ1v) is 12.7. The van der Waals surface area contributed by atoms with Crippen LogP contribution in [0.5, 0.6) is 0 Å². The molecule has 9 heteroatoms. The number of aromatic amines is 2. The Morgan fingerprint density at radius 3 is 2.55 bits per heavy atom. The van der Waals surface area contributed by atoms with Crippen LogP contribution in [0.2, 0.25) is 0 Å². The van der Waals surface area contributed by atoms with Crippen LogP contribution in [0.4, 0.5) is 5.69 Å². The molecule has 0 aliphatic rings. The normalized spacial score (nSPS) is 11.2. The van der Waals surface area contributed by atoms with E-state index in [4.69, 9.17) is 4.98 Å². The molecular weight excluding hydrogens is 500 g/mol. The lowest BCUT2D eigenvalue weighted by molar-refractivity contribution is -0.115. The van der Waals surface area contributed by atoms with Crippen molar-refractivity contribution in [2.24, 2.45) is 0 Å². The van der Waals surface area contributed by atoms with Crippen LogP contribution in [-0.4, -0.2) is 41.0 Å². The molecule has 7 aromatic rings. The van der Waals surface area contributed by atoms with Gasteiger partial charge in [-0.05, 0) is 41.5 Å². The lowest BCUT2D eigenvalue weighted by Gasteiger charge is -2.07. The number of rotatable bonds is 6. The molecule has 0 bridgehead atoms. The molecule has 0 spiro atoms. The third kappa shape index (κ3) is 4.45. The van der Waals surface area contributed by atoms with Crippen LogP contribution in [0.25, 0.3) is 55.8 Å². The maximum atomic E-state index is 12.6. The Hall–Kier alpha value is -5.70. The second kappa shape index (κ2) is 9.88. The Labute approximate surface area is 228 Å². The molecule has 0 saturated carbocycles. The summed E-state index contributed by atoms with van der Waals surface area (Å²) in [6, 6.07) is 23.5. The number of anilines is 1. The number of hydrogen-bond donors (Lipinski definition) is 3. The Morgan fingerprint density at radius 1 is 0.825 bits per heavy atom. The number of nitrogens with one attached hydrogen (secondary N) is 3. The van der Waals surface area contributed by atoms with E-state index in [0.29, 0.717) is 22.9 Å². The van der Waals surface area contributed by atoms with Gasteiger partial charge >= 0.3 is 0 Å². The number of benzene rings is 2. The van der Waals surface area contributed by atoms with Crippen LogP contribution < -0.4 is 5.32 Å². The average Bonchev–Trinajstić information content (AvgIpc) is 3.62. The maximum absolute atomic E-state index is 12.6. The molecular formula is C31H22N8O. The molecule has 0 saturated heterocycles. The third-order valence-electron chi connectivity index (χ3n) is 6.71. The van der Waals surface area contributed by atoms with E-state index in [1.54, 1.807) is 31.0 Å². The second-order valence-corrected chi connectivity index (χ2v) is 9.39. The molecule has 2 aromatic carbocycles. The highest BCUT2D eigenvalue weighted by Gasteiger charge is 2.17. The first-order chi connectivity index (χ1) is 19.7. The molecule has 7 rings (SSSR count). The van der Waals surface area contributed by atoms with Crippen molar-refractivity contribution < 1.29 is 4.79 Å². The number of nitrogens with zero attached hydrogens (tertiary/aromatic N) is 5. The molecule has 0 atom stereocenters. The standard InChI is InChI=1S/C31H22N8O/c40-27(13-19-5-2-1-3-6-19)35-23-14-21(16-33-18-23)22-15-25-29(38-39-30(25)34-17-22)31-36-26-8-4-7-24(28(26)37-31)20-9-11-32-12-10-20/h1-12,14-18H,13H2,(H,35,40)(H,36,37)(H,34,38,39). The molecule has 5 aromatic heterocycles. The van der Waals surface area contributed by atoms with Gasteiger partial charge in [0.05, 0.1) is 34.7 Å². The average molecular weight is 523 g/mol.